The first-order valence-corrected chi connectivity index (χ1v) is 8.30. The highest BCUT2D eigenvalue weighted by molar-refractivity contribution is 5.96. The van der Waals surface area contributed by atoms with Crippen molar-refractivity contribution in [3.8, 4) is 17.4 Å². The molecule has 0 bridgehead atoms. The Morgan fingerprint density at radius 3 is 2.37 bits per heavy atom. The molecule has 2 heterocycles. The summed E-state index contributed by atoms with van der Waals surface area (Å²) < 4.78 is 8.48. The van der Waals surface area contributed by atoms with E-state index in [0.717, 1.165) is 16.6 Å². The number of para-hydroxylation sites is 1. The second kappa shape index (κ2) is 6.39. The average molecular weight is 356 g/mol. The van der Waals surface area contributed by atoms with Crippen LogP contribution in [-0.4, -0.2) is 22.2 Å². The van der Waals surface area contributed by atoms with Crippen LogP contribution in [0.25, 0.3) is 22.3 Å². The minimum absolute atomic E-state index is 0.116. The third-order valence-corrected chi connectivity index (χ3v) is 4.55. The Balaban J connectivity index is 1.80. The molecule has 2 N–H and O–H groups in total. The van der Waals surface area contributed by atoms with E-state index in [0.29, 0.717) is 5.69 Å². The number of benzene rings is 2. The van der Waals surface area contributed by atoms with Crippen molar-refractivity contribution in [3.63, 3.8) is 0 Å². The van der Waals surface area contributed by atoms with Gasteiger partial charge < -0.3 is 19.6 Å². The zero-order valence-corrected chi connectivity index (χ0v) is 14.6. The number of nitrogens with two attached hydrogens (primary N) is 1. The first kappa shape index (κ1) is 16.5. The lowest BCUT2D eigenvalue weighted by molar-refractivity contribution is 0.0593. The lowest BCUT2D eigenvalue weighted by atomic mass is 10.2. The van der Waals surface area contributed by atoms with Crippen molar-refractivity contribution in [2.45, 2.75) is 0 Å². The minimum atomic E-state index is -0.588. The number of anilines is 1. The van der Waals surface area contributed by atoms with Gasteiger partial charge in [-0.25, -0.2) is 4.79 Å². The fourth-order valence-electron chi connectivity index (χ4n) is 3.20. The van der Waals surface area contributed by atoms with E-state index in [2.05, 4.69) is 22.8 Å². The molecule has 27 heavy (non-hydrogen) atoms. The Hall–Kier alpha value is -3.98. The van der Waals surface area contributed by atoms with Crippen LogP contribution in [0.2, 0.25) is 0 Å². The van der Waals surface area contributed by atoms with Gasteiger partial charge in [0.25, 0.3) is 0 Å². The van der Waals surface area contributed by atoms with E-state index >= 15 is 0 Å². The van der Waals surface area contributed by atoms with Gasteiger partial charge in [0.05, 0.1) is 23.9 Å². The summed E-state index contributed by atoms with van der Waals surface area (Å²) >= 11 is 0. The summed E-state index contributed by atoms with van der Waals surface area (Å²) in [7, 11) is 1.28. The van der Waals surface area contributed by atoms with E-state index in [-0.39, 0.29) is 16.9 Å². The number of methoxy groups -OCH3 is 1. The molecule has 4 rings (SSSR count). The minimum Gasteiger partial charge on any atom is -0.464 e. The number of nitrogens with zero attached hydrogens (tertiary/aromatic N) is 3. The van der Waals surface area contributed by atoms with Gasteiger partial charge >= 0.3 is 5.97 Å². The van der Waals surface area contributed by atoms with E-state index in [1.54, 1.807) is 10.8 Å². The quantitative estimate of drug-likeness (QED) is 0.568. The number of nitrogen functional groups attached to an aromatic ring is 1. The van der Waals surface area contributed by atoms with Crippen LogP contribution < -0.4 is 5.73 Å². The van der Waals surface area contributed by atoms with Crippen molar-refractivity contribution in [1.29, 1.82) is 5.26 Å². The summed E-state index contributed by atoms with van der Waals surface area (Å²) in [6, 6.07) is 19.8. The van der Waals surface area contributed by atoms with Crippen molar-refractivity contribution in [3.05, 3.63) is 78.2 Å². The first-order valence-electron chi connectivity index (χ1n) is 8.30. The topological polar surface area (TPSA) is 86.0 Å². The molecule has 0 spiro atoms. The molecule has 0 saturated carbocycles. The average Bonchev–Trinajstić information content (AvgIpc) is 3.28. The third-order valence-electron chi connectivity index (χ3n) is 4.55. The van der Waals surface area contributed by atoms with Gasteiger partial charge in [0.15, 0.2) is 5.69 Å². The normalized spacial score (nSPS) is 10.7. The molecule has 0 atom stereocenters. The van der Waals surface area contributed by atoms with Gasteiger partial charge in [0, 0.05) is 23.8 Å². The number of ether oxygens (including phenoxy) is 1. The van der Waals surface area contributed by atoms with Crippen LogP contribution in [0, 0.1) is 11.3 Å². The summed E-state index contributed by atoms with van der Waals surface area (Å²) in [6.45, 7) is 0. The Morgan fingerprint density at radius 2 is 1.70 bits per heavy atom. The van der Waals surface area contributed by atoms with Crippen LogP contribution in [0.1, 0.15) is 16.1 Å². The van der Waals surface area contributed by atoms with E-state index in [1.807, 2.05) is 48.7 Å². The zero-order valence-electron chi connectivity index (χ0n) is 14.6. The fourth-order valence-corrected chi connectivity index (χ4v) is 3.20. The highest BCUT2D eigenvalue weighted by Gasteiger charge is 2.21. The second-order valence-corrected chi connectivity index (χ2v) is 6.04. The van der Waals surface area contributed by atoms with Gasteiger partial charge in [-0.1, -0.05) is 18.2 Å². The molecule has 4 aromatic rings. The number of hydrogen-bond acceptors (Lipinski definition) is 4. The predicted molar refractivity (Wildman–Crippen MR) is 103 cm³/mol. The van der Waals surface area contributed by atoms with Gasteiger partial charge in [-0.2, -0.15) is 5.26 Å². The number of aromatic nitrogens is 2. The Labute approximate surface area is 155 Å². The number of esters is 1. The third kappa shape index (κ3) is 2.62. The smallest absolute Gasteiger partial charge is 0.357 e. The number of fused-ring (bicyclic) bond motifs is 1. The SMILES string of the molecule is COC(=O)c1c(N)c(C#N)cn1-c1ccc(-n2ccc3ccccc32)cc1. The lowest BCUT2D eigenvalue weighted by Crippen LogP contribution is -2.11. The number of rotatable bonds is 3. The zero-order chi connectivity index (χ0) is 19.0. The monoisotopic (exact) mass is 356 g/mol. The molecule has 132 valence electrons. The molecule has 0 fully saturated rings. The molecule has 0 aliphatic rings. The van der Waals surface area contributed by atoms with Gasteiger partial charge in [-0.15, -0.1) is 0 Å². The van der Waals surface area contributed by atoms with Gasteiger partial charge in [0.1, 0.15) is 6.07 Å². The molecule has 2 aromatic heterocycles. The van der Waals surface area contributed by atoms with E-state index in [1.165, 1.54) is 7.11 Å². The summed E-state index contributed by atoms with van der Waals surface area (Å²) in [5, 5.41) is 10.4. The molecule has 0 saturated heterocycles. The molecular weight excluding hydrogens is 340 g/mol. The maximum atomic E-state index is 12.1. The van der Waals surface area contributed by atoms with Crippen molar-refractivity contribution < 1.29 is 9.53 Å². The van der Waals surface area contributed by atoms with Crippen molar-refractivity contribution in [2.24, 2.45) is 0 Å². The molecular formula is C21H16N4O2. The Bertz CT molecular complexity index is 1190. The van der Waals surface area contributed by atoms with Gasteiger partial charge in [-0.05, 0) is 41.8 Å². The van der Waals surface area contributed by atoms with Gasteiger partial charge in [0.2, 0.25) is 0 Å². The largest absolute Gasteiger partial charge is 0.464 e. The van der Waals surface area contributed by atoms with E-state index < -0.39 is 5.97 Å². The molecule has 0 unspecified atom stereocenters. The fraction of sp³-hybridized carbons (Fsp3) is 0.0476. The van der Waals surface area contributed by atoms with Crippen molar-refractivity contribution in [1.82, 2.24) is 9.13 Å². The van der Waals surface area contributed by atoms with Crippen LogP contribution in [0.3, 0.4) is 0 Å². The van der Waals surface area contributed by atoms with E-state index in [9.17, 15) is 10.1 Å². The summed E-state index contributed by atoms with van der Waals surface area (Å²) in [6.07, 6.45) is 3.56. The predicted octanol–water partition coefficient (Wildman–Crippen LogP) is 3.66. The maximum absolute atomic E-state index is 12.1. The van der Waals surface area contributed by atoms with Crippen LogP contribution in [-0.2, 0) is 4.74 Å². The Kier molecular flexibility index (Phi) is 3.90. The maximum Gasteiger partial charge on any atom is 0.357 e. The van der Waals surface area contributed by atoms with E-state index in [4.69, 9.17) is 10.5 Å². The summed E-state index contributed by atoms with van der Waals surface area (Å²) in [5.74, 6) is -0.588. The highest BCUT2D eigenvalue weighted by Crippen LogP contribution is 2.26. The second-order valence-electron chi connectivity index (χ2n) is 6.04. The van der Waals surface area contributed by atoms with Crippen LogP contribution in [0.15, 0.2) is 67.0 Å². The molecule has 0 radical (unpaired) electrons. The summed E-state index contributed by atoms with van der Waals surface area (Å²) in [4.78, 5) is 12.1. The van der Waals surface area contributed by atoms with Gasteiger partial charge in [-0.3, -0.25) is 0 Å². The molecule has 0 aliphatic heterocycles. The standard InChI is InChI=1S/C21H16N4O2/c1-27-21(26)20-19(23)15(12-22)13-25(20)17-8-6-16(7-9-17)24-11-10-14-4-2-3-5-18(14)24/h2-11,13H,23H2,1H3. The number of carbonyl (C=O) groups excluding carboxylic acids is 1. The van der Waals surface area contributed by atoms with Crippen LogP contribution in [0.5, 0.6) is 0 Å². The van der Waals surface area contributed by atoms with Crippen molar-refractivity contribution in [2.75, 3.05) is 12.8 Å². The molecule has 0 aliphatic carbocycles. The van der Waals surface area contributed by atoms with Crippen molar-refractivity contribution >= 4 is 22.6 Å². The van der Waals surface area contributed by atoms with Crippen LogP contribution in [0.4, 0.5) is 5.69 Å². The molecule has 2 aromatic carbocycles. The molecule has 6 nitrogen and oxygen atoms in total. The Morgan fingerprint density at radius 1 is 1.04 bits per heavy atom. The lowest BCUT2D eigenvalue weighted by Gasteiger charge is -2.10. The molecule has 0 amide bonds. The first-order chi connectivity index (χ1) is 13.1. The number of carbonyl (C=O) groups is 1. The summed E-state index contributed by atoms with van der Waals surface area (Å²) in [5.41, 5.74) is 9.25. The molecule has 6 heteroatoms. The van der Waals surface area contributed by atoms with Crippen LogP contribution >= 0.6 is 0 Å². The highest BCUT2D eigenvalue weighted by atomic mass is 16.5. The number of nitriles is 1. The number of hydrogen-bond donors (Lipinski definition) is 1.